The van der Waals surface area contributed by atoms with Gasteiger partial charge in [0.2, 0.25) is 0 Å². The first-order valence-electron chi connectivity index (χ1n) is 2.92. The van der Waals surface area contributed by atoms with Gasteiger partial charge in [-0.15, -0.1) is 12.3 Å². The van der Waals surface area contributed by atoms with Gasteiger partial charge in [0.25, 0.3) is 0 Å². The van der Waals surface area contributed by atoms with Crippen LogP contribution in [-0.4, -0.2) is 11.7 Å². The highest BCUT2D eigenvalue weighted by Crippen LogP contribution is 2.10. The van der Waals surface area contributed by atoms with Gasteiger partial charge < -0.3 is 5.11 Å². The molecule has 0 rings (SSSR count). The minimum absolute atomic E-state index is 0.0926. The Balaban J connectivity index is 3.71. The highest BCUT2D eigenvalue weighted by molar-refractivity contribution is 5.01. The van der Waals surface area contributed by atoms with Crippen LogP contribution in [0.1, 0.15) is 13.3 Å². The molecular weight excluding hydrogens is 112 g/mol. The van der Waals surface area contributed by atoms with Crippen molar-refractivity contribution in [3.05, 3.63) is 12.2 Å². The van der Waals surface area contributed by atoms with Crippen LogP contribution in [0.3, 0.4) is 0 Å². The molecule has 9 heavy (non-hydrogen) atoms. The molecule has 0 fully saturated rings. The van der Waals surface area contributed by atoms with Crippen LogP contribution in [-0.2, 0) is 0 Å². The van der Waals surface area contributed by atoms with Crippen LogP contribution in [0.4, 0.5) is 0 Å². The summed E-state index contributed by atoms with van der Waals surface area (Å²) in [6, 6.07) is 0. The highest BCUT2D eigenvalue weighted by Gasteiger charge is 2.04. The van der Waals surface area contributed by atoms with Crippen molar-refractivity contribution in [1.29, 1.82) is 0 Å². The molecule has 0 radical (unpaired) electrons. The van der Waals surface area contributed by atoms with Crippen LogP contribution in [0, 0.1) is 18.3 Å². The second kappa shape index (κ2) is 4.17. The van der Waals surface area contributed by atoms with Gasteiger partial charge in [0.05, 0.1) is 6.61 Å². The van der Waals surface area contributed by atoms with Crippen molar-refractivity contribution in [1.82, 2.24) is 0 Å². The lowest BCUT2D eigenvalue weighted by Gasteiger charge is -2.08. The van der Waals surface area contributed by atoms with Crippen molar-refractivity contribution in [2.75, 3.05) is 6.61 Å². The Labute approximate surface area is 56.4 Å². The van der Waals surface area contributed by atoms with Gasteiger partial charge in [-0.05, 0) is 6.92 Å². The molecule has 0 aromatic carbocycles. The summed E-state index contributed by atoms with van der Waals surface area (Å²) < 4.78 is 0. The van der Waals surface area contributed by atoms with Gasteiger partial charge >= 0.3 is 0 Å². The van der Waals surface area contributed by atoms with E-state index < -0.39 is 0 Å². The fourth-order valence-electron chi connectivity index (χ4n) is 0.537. The number of rotatable bonds is 3. The third-order valence-electron chi connectivity index (χ3n) is 1.28. The fourth-order valence-corrected chi connectivity index (χ4v) is 0.537. The van der Waals surface area contributed by atoms with E-state index in [1.165, 1.54) is 0 Å². The monoisotopic (exact) mass is 124 g/mol. The lowest BCUT2D eigenvalue weighted by atomic mass is 10.0. The smallest absolute Gasteiger partial charge is 0.0505 e. The third kappa shape index (κ3) is 2.94. The van der Waals surface area contributed by atoms with Crippen LogP contribution >= 0.6 is 0 Å². The van der Waals surface area contributed by atoms with E-state index in [9.17, 15) is 0 Å². The average Bonchev–Trinajstić information content (AvgIpc) is 1.82. The quantitative estimate of drug-likeness (QED) is 0.442. The molecule has 1 heteroatoms. The van der Waals surface area contributed by atoms with Gasteiger partial charge in [-0.3, -0.25) is 0 Å². The summed E-state index contributed by atoms with van der Waals surface area (Å²) >= 11 is 0. The Bertz CT molecular complexity index is 130. The maximum absolute atomic E-state index is 8.67. The number of hydrogen-bond acceptors (Lipinski definition) is 1. The van der Waals surface area contributed by atoms with Gasteiger partial charge in [0, 0.05) is 12.3 Å². The highest BCUT2D eigenvalue weighted by atomic mass is 16.3. The molecule has 0 aliphatic heterocycles. The number of aliphatic hydroxyl groups is 1. The predicted molar refractivity (Wildman–Crippen MR) is 38.8 cm³/mol. The molecule has 1 nitrogen and oxygen atoms in total. The minimum atomic E-state index is 0.0926. The molecule has 0 amide bonds. The Hall–Kier alpha value is -0.740. The topological polar surface area (TPSA) is 20.2 Å². The largest absolute Gasteiger partial charge is 0.396 e. The first-order valence-corrected chi connectivity index (χ1v) is 2.92. The molecule has 1 unspecified atom stereocenters. The molecule has 50 valence electrons. The van der Waals surface area contributed by atoms with Crippen molar-refractivity contribution in [2.24, 2.45) is 5.92 Å². The van der Waals surface area contributed by atoms with Crippen molar-refractivity contribution in [3.63, 3.8) is 0 Å². The van der Waals surface area contributed by atoms with Crippen molar-refractivity contribution >= 4 is 0 Å². The standard InChI is InChI=1S/C8H12O/c1-4-5-8(6-9)7(2)3/h1,8-9H,2,5-6H2,3H3. The van der Waals surface area contributed by atoms with Gasteiger partial charge in [0.1, 0.15) is 0 Å². The SMILES string of the molecule is C#CCC(CO)C(=C)C. The van der Waals surface area contributed by atoms with Gasteiger partial charge in [0.15, 0.2) is 0 Å². The Kier molecular flexibility index (Phi) is 3.83. The molecule has 0 heterocycles. The average molecular weight is 124 g/mol. The Morgan fingerprint density at radius 1 is 1.89 bits per heavy atom. The summed E-state index contributed by atoms with van der Waals surface area (Å²) in [5.41, 5.74) is 0.954. The van der Waals surface area contributed by atoms with Crippen LogP contribution in [0.5, 0.6) is 0 Å². The fraction of sp³-hybridized carbons (Fsp3) is 0.500. The predicted octanol–water partition coefficient (Wildman–Crippen LogP) is 1.19. The molecule has 1 N–H and O–H groups in total. The second-order valence-corrected chi connectivity index (χ2v) is 2.13. The molecule has 1 atom stereocenters. The van der Waals surface area contributed by atoms with Crippen molar-refractivity contribution in [2.45, 2.75) is 13.3 Å². The van der Waals surface area contributed by atoms with Crippen molar-refractivity contribution in [3.8, 4) is 12.3 Å². The number of aliphatic hydroxyl groups excluding tert-OH is 1. The molecule has 0 aromatic heterocycles. The lowest BCUT2D eigenvalue weighted by Crippen LogP contribution is -2.05. The maximum Gasteiger partial charge on any atom is 0.0505 e. The van der Waals surface area contributed by atoms with E-state index in [-0.39, 0.29) is 12.5 Å². The van der Waals surface area contributed by atoms with Crippen LogP contribution in [0.2, 0.25) is 0 Å². The van der Waals surface area contributed by atoms with Crippen molar-refractivity contribution < 1.29 is 5.11 Å². The third-order valence-corrected chi connectivity index (χ3v) is 1.28. The van der Waals surface area contributed by atoms with E-state index in [0.717, 1.165) is 5.57 Å². The molecule has 0 aliphatic carbocycles. The molecular formula is C8H12O. The van der Waals surface area contributed by atoms with Crippen LogP contribution in [0.15, 0.2) is 12.2 Å². The zero-order valence-electron chi connectivity index (χ0n) is 5.72. The van der Waals surface area contributed by atoms with Crippen LogP contribution < -0.4 is 0 Å². The van der Waals surface area contributed by atoms with Gasteiger partial charge in [-0.25, -0.2) is 0 Å². The van der Waals surface area contributed by atoms with E-state index in [4.69, 9.17) is 11.5 Å². The summed E-state index contributed by atoms with van der Waals surface area (Å²) in [5, 5.41) is 8.67. The molecule has 0 bridgehead atoms. The van der Waals surface area contributed by atoms with Gasteiger partial charge in [-0.1, -0.05) is 12.2 Å². The Morgan fingerprint density at radius 2 is 2.44 bits per heavy atom. The molecule has 0 aliphatic rings. The van der Waals surface area contributed by atoms with E-state index in [2.05, 4.69) is 12.5 Å². The summed E-state index contributed by atoms with van der Waals surface area (Å²) in [7, 11) is 0. The van der Waals surface area contributed by atoms with Crippen LogP contribution in [0.25, 0.3) is 0 Å². The van der Waals surface area contributed by atoms with Gasteiger partial charge in [-0.2, -0.15) is 0 Å². The molecule has 0 aromatic rings. The maximum atomic E-state index is 8.67. The van der Waals surface area contributed by atoms with E-state index in [1.54, 1.807) is 0 Å². The summed E-state index contributed by atoms with van der Waals surface area (Å²) in [6.45, 7) is 5.67. The van der Waals surface area contributed by atoms with E-state index in [0.29, 0.717) is 6.42 Å². The second-order valence-electron chi connectivity index (χ2n) is 2.13. The summed E-state index contributed by atoms with van der Waals surface area (Å²) in [4.78, 5) is 0. The molecule has 0 saturated heterocycles. The zero-order chi connectivity index (χ0) is 7.28. The normalized spacial score (nSPS) is 12.1. The molecule has 0 spiro atoms. The first kappa shape index (κ1) is 8.26. The summed E-state index contributed by atoms with van der Waals surface area (Å²) in [5.74, 6) is 2.57. The summed E-state index contributed by atoms with van der Waals surface area (Å²) in [6.07, 6.45) is 5.63. The lowest BCUT2D eigenvalue weighted by molar-refractivity contribution is 0.249. The Morgan fingerprint density at radius 3 is 2.56 bits per heavy atom. The number of hydrogen-bond donors (Lipinski definition) is 1. The minimum Gasteiger partial charge on any atom is -0.396 e. The van der Waals surface area contributed by atoms with E-state index >= 15 is 0 Å². The van der Waals surface area contributed by atoms with E-state index in [1.807, 2.05) is 6.92 Å². The molecule has 0 saturated carbocycles. The zero-order valence-corrected chi connectivity index (χ0v) is 5.72. The first-order chi connectivity index (χ1) is 4.22. The number of terminal acetylenes is 1.